The van der Waals surface area contributed by atoms with Crippen molar-refractivity contribution in [2.24, 2.45) is 0 Å². The molecule has 0 radical (unpaired) electrons. The maximum atomic E-state index is 12.2. The van der Waals surface area contributed by atoms with Gasteiger partial charge in [0.15, 0.2) is 14.6 Å². The van der Waals surface area contributed by atoms with E-state index < -0.39 is 20.6 Å². The molecule has 0 fully saturated rings. The van der Waals surface area contributed by atoms with Crippen molar-refractivity contribution in [1.29, 1.82) is 0 Å². The second kappa shape index (κ2) is 5.21. The van der Waals surface area contributed by atoms with Crippen molar-refractivity contribution in [3.8, 4) is 5.75 Å². The Morgan fingerprint density at radius 2 is 1.95 bits per heavy atom. The minimum Gasteiger partial charge on any atom is -0.496 e. The number of rotatable bonds is 5. The number of carboxylic acid groups (broad SMARTS) is 1. The first-order valence-electron chi connectivity index (χ1n) is 5.71. The summed E-state index contributed by atoms with van der Waals surface area (Å²) in [6, 6.07) is 5.17. The summed E-state index contributed by atoms with van der Waals surface area (Å²) < 4.78 is 27.7. The van der Waals surface area contributed by atoms with Crippen LogP contribution in [-0.2, 0) is 20.4 Å². The van der Waals surface area contributed by atoms with Gasteiger partial charge in [0.2, 0.25) is 0 Å². The molecule has 0 spiro atoms. The summed E-state index contributed by atoms with van der Waals surface area (Å²) in [5, 5.41) is 9.03. The van der Waals surface area contributed by atoms with Gasteiger partial charge in [0.1, 0.15) is 5.75 Å². The third kappa shape index (κ3) is 3.07. The Hall–Kier alpha value is -1.56. The fourth-order valence-corrected chi connectivity index (χ4v) is 2.80. The lowest BCUT2D eigenvalue weighted by Crippen LogP contribution is -2.41. The third-order valence-electron chi connectivity index (χ3n) is 3.07. The molecule has 1 aromatic rings. The lowest BCUT2D eigenvalue weighted by molar-refractivity contribution is -0.139. The summed E-state index contributed by atoms with van der Waals surface area (Å²) in [5.41, 5.74) is 1.36. The zero-order valence-electron chi connectivity index (χ0n) is 11.4. The highest BCUT2D eigenvalue weighted by atomic mass is 32.2. The van der Waals surface area contributed by atoms with E-state index in [1.807, 2.05) is 6.92 Å². The number of carbonyl (C=O) groups is 1. The number of carboxylic acids is 1. The molecule has 0 saturated heterocycles. The van der Waals surface area contributed by atoms with Crippen LogP contribution in [0.5, 0.6) is 5.75 Å². The van der Waals surface area contributed by atoms with Crippen molar-refractivity contribution in [3.63, 3.8) is 0 Å². The zero-order valence-corrected chi connectivity index (χ0v) is 12.2. The standard InChI is InChI=1S/C13H18O5S/c1-9-5-6-11(18-4)10(7-9)8-19(16,17)13(2,3)12(14)15/h5-7H,8H2,1-4H3,(H,14,15). The van der Waals surface area contributed by atoms with E-state index in [4.69, 9.17) is 9.84 Å². The zero-order chi connectivity index (χ0) is 14.8. The number of benzene rings is 1. The van der Waals surface area contributed by atoms with Gasteiger partial charge < -0.3 is 9.84 Å². The Bertz CT molecular complexity index is 587. The van der Waals surface area contributed by atoms with Crippen LogP contribution in [0.1, 0.15) is 25.0 Å². The van der Waals surface area contributed by atoms with Crippen LogP contribution in [0.3, 0.4) is 0 Å². The Kier molecular flexibility index (Phi) is 4.25. The van der Waals surface area contributed by atoms with E-state index in [0.717, 1.165) is 5.56 Å². The molecule has 19 heavy (non-hydrogen) atoms. The van der Waals surface area contributed by atoms with Gasteiger partial charge in [-0.2, -0.15) is 0 Å². The number of hydrogen-bond acceptors (Lipinski definition) is 4. The number of ether oxygens (including phenoxy) is 1. The molecule has 0 amide bonds. The minimum absolute atomic E-state index is 0.364. The first-order valence-corrected chi connectivity index (χ1v) is 7.36. The third-order valence-corrected chi connectivity index (χ3v) is 5.49. The fourth-order valence-electron chi connectivity index (χ4n) is 1.54. The van der Waals surface area contributed by atoms with Gasteiger partial charge >= 0.3 is 5.97 Å². The average Bonchev–Trinajstić information content (AvgIpc) is 2.28. The summed E-state index contributed by atoms with van der Waals surface area (Å²) >= 11 is 0. The van der Waals surface area contributed by atoms with Gasteiger partial charge in [0.25, 0.3) is 0 Å². The van der Waals surface area contributed by atoms with Gasteiger partial charge in [-0.05, 0) is 26.8 Å². The largest absolute Gasteiger partial charge is 0.496 e. The molecule has 6 heteroatoms. The molecule has 0 aliphatic rings. The van der Waals surface area contributed by atoms with E-state index in [0.29, 0.717) is 11.3 Å². The maximum absolute atomic E-state index is 12.2. The van der Waals surface area contributed by atoms with E-state index >= 15 is 0 Å². The number of aryl methyl sites for hydroxylation is 1. The van der Waals surface area contributed by atoms with Crippen LogP contribution >= 0.6 is 0 Å². The van der Waals surface area contributed by atoms with E-state index in [9.17, 15) is 13.2 Å². The predicted octanol–water partition coefficient (Wildman–Crippen LogP) is 1.78. The molecule has 0 aromatic heterocycles. The molecular formula is C13H18O5S. The van der Waals surface area contributed by atoms with Crippen LogP contribution in [0.25, 0.3) is 0 Å². The van der Waals surface area contributed by atoms with E-state index in [-0.39, 0.29) is 5.75 Å². The lowest BCUT2D eigenvalue weighted by atomic mass is 10.1. The van der Waals surface area contributed by atoms with Gasteiger partial charge in [-0.3, -0.25) is 4.79 Å². The first-order chi connectivity index (χ1) is 8.61. The molecule has 0 bridgehead atoms. The van der Waals surface area contributed by atoms with Crippen LogP contribution in [0.4, 0.5) is 0 Å². The van der Waals surface area contributed by atoms with Gasteiger partial charge in [-0.15, -0.1) is 0 Å². The highest BCUT2D eigenvalue weighted by Crippen LogP contribution is 2.27. The molecule has 1 aromatic carbocycles. The lowest BCUT2D eigenvalue weighted by Gasteiger charge is -2.20. The SMILES string of the molecule is COc1ccc(C)cc1CS(=O)(=O)C(C)(C)C(=O)O. The van der Waals surface area contributed by atoms with Crippen molar-refractivity contribution in [2.75, 3.05) is 7.11 Å². The van der Waals surface area contributed by atoms with E-state index in [2.05, 4.69) is 0 Å². The van der Waals surface area contributed by atoms with Gasteiger partial charge in [-0.25, -0.2) is 8.42 Å². The quantitative estimate of drug-likeness (QED) is 0.892. The molecule has 0 aliphatic heterocycles. The van der Waals surface area contributed by atoms with Crippen LogP contribution in [0, 0.1) is 6.92 Å². The van der Waals surface area contributed by atoms with Gasteiger partial charge in [0, 0.05) is 5.56 Å². The van der Waals surface area contributed by atoms with Crippen molar-refractivity contribution in [3.05, 3.63) is 29.3 Å². The molecule has 106 valence electrons. The second-order valence-corrected chi connectivity index (χ2v) is 7.43. The van der Waals surface area contributed by atoms with Crippen molar-refractivity contribution >= 4 is 15.8 Å². The van der Waals surface area contributed by atoms with E-state index in [1.54, 1.807) is 18.2 Å². The summed E-state index contributed by atoms with van der Waals surface area (Å²) in [4.78, 5) is 11.1. The predicted molar refractivity (Wildman–Crippen MR) is 72.1 cm³/mol. The molecule has 0 unspecified atom stereocenters. The van der Waals surface area contributed by atoms with Crippen LogP contribution in [0.2, 0.25) is 0 Å². The molecule has 0 atom stereocenters. The molecule has 1 rings (SSSR count). The van der Waals surface area contributed by atoms with Crippen LogP contribution < -0.4 is 4.74 Å². The number of aliphatic carboxylic acids is 1. The Balaban J connectivity index is 3.22. The maximum Gasteiger partial charge on any atom is 0.324 e. The van der Waals surface area contributed by atoms with Crippen molar-refractivity contribution in [2.45, 2.75) is 31.3 Å². The van der Waals surface area contributed by atoms with Crippen LogP contribution in [0.15, 0.2) is 18.2 Å². The Morgan fingerprint density at radius 3 is 2.42 bits per heavy atom. The van der Waals surface area contributed by atoms with Crippen molar-refractivity contribution < 1.29 is 23.1 Å². The number of methoxy groups -OCH3 is 1. The number of sulfone groups is 1. The molecule has 0 aliphatic carbocycles. The van der Waals surface area contributed by atoms with Crippen LogP contribution in [-0.4, -0.2) is 31.4 Å². The highest BCUT2D eigenvalue weighted by Gasteiger charge is 2.42. The minimum atomic E-state index is -3.84. The Labute approximate surface area is 113 Å². The average molecular weight is 286 g/mol. The summed E-state index contributed by atoms with van der Waals surface area (Å²) in [7, 11) is -2.39. The molecular weight excluding hydrogens is 268 g/mol. The molecule has 1 N–H and O–H groups in total. The fraction of sp³-hybridized carbons (Fsp3) is 0.462. The molecule has 0 heterocycles. The Morgan fingerprint density at radius 1 is 1.37 bits per heavy atom. The highest BCUT2D eigenvalue weighted by molar-refractivity contribution is 7.92. The summed E-state index contributed by atoms with van der Waals surface area (Å²) in [5.74, 6) is -1.29. The normalized spacial score (nSPS) is 12.2. The second-order valence-electron chi connectivity index (χ2n) is 4.89. The first kappa shape index (κ1) is 15.5. The van der Waals surface area contributed by atoms with E-state index in [1.165, 1.54) is 21.0 Å². The smallest absolute Gasteiger partial charge is 0.324 e. The van der Waals surface area contributed by atoms with Crippen molar-refractivity contribution in [1.82, 2.24) is 0 Å². The molecule has 0 saturated carbocycles. The van der Waals surface area contributed by atoms with Gasteiger partial charge in [0.05, 0.1) is 12.9 Å². The molecule has 5 nitrogen and oxygen atoms in total. The number of hydrogen-bond donors (Lipinski definition) is 1. The van der Waals surface area contributed by atoms with Gasteiger partial charge in [-0.1, -0.05) is 17.7 Å². The monoisotopic (exact) mass is 286 g/mol. The summed E-state index contributed by atoms with van der Waals surface area (Å²) in [6.45, 7) is 4.21. The topological polar surface area (TPSA) is 80.7 Å². The summed E-state index contributed by atoms with van der Waals surface area (Å²) in [6.07, 6.45) is 0.